The van der Waals surface area contributed by atoms with Crippen molar-refractivity contribution in [1.29, 1.82) is 0 Å². The van der Waals surface area contributed by atoms with Crippen LogP contribution < -0.4 is 0 Å². The smallest absolute Gasteiger partial charge is 0.315 e. The minimum atomic E-state index is -0.497. The zero-order valence-corrected chi connectivity index (χ0v) is 15.5. The van der Waals surface area contributed by atoms with Gasteiger partial charge in [0.15, 0.2) is 12.2 Å². The zero-order chi connectivity index (χ0) is 18.6. The normalized spacial score (nSPS) is 25.2. The third kappa shape index (κ3) is 2.16. The van der Waals surface area contributed by atoms with Crippen LogP contribution in [0.2, 0.25) is 0 Å². The molecule has 0 saturated carbocycles. The van der Waals surface area contributed by atoms with Gasteiger partial charge in [-0.15, -0.1) is 0 Å². The van der Waals surface area contributed by atoms with Crippen molar-refractivity contribution in [1.82, 2.24) is 19.6 Å². The molecule has 7 heteroatoms. The fraction of sp³-hybridized carbons (Fsp3) is 0.421. The van der Waals surface area contributed by atoms with E-state index in [1.54, 1.807) is 11.9 Å². The van der Waals surface area contributed by atoms with E-state index in [-0.39, 0.29) is 18.5 Å². The van der Waals surface area contributed by atoms with Crippen molar-refractivity contribution in [2.24, 2.45) is 4.99 Å². The highest BCUT2D eigenvalue weighted by Crippen LogP contribution is 2.37. The minimum Gasteiger partial charge on any atom is -0.315 e. The fourth-order valence-electron chi connectivity index (χ4n) is 3.97. The first-order chi connectivity index (χ1) is 12.5. The molecule has 3 aliphatic heterocycles. The Balaban J connectivity index is 1.69. The van der Waals surface area contributed by atoms with Gasteiger partial charge in [-0.25, -0.2) is 9.79 Å². The van der Waals surface area contributed by atoms with Gasteiger partial charge in [-0.05, 0) is 26.3 Å². The quantitative estimate of drug-likeness (QED) is 0.834. The molecule has 2 unspecified atom stereocenters. The molecule has 0 aromatic heterocycles. The maximum Gasteiger partial charge on any atom is 0.328 e. The number of rotatable bonds is 3. The lowest BCUT2D eigenvalue weighted by Crippen LogP contribution is -2.64. The predicted octanol–water partition coefficient (Wildman–Crippen LogP) is 2.03. The molecule has 0 bridgehead atoms. The summed E-state index contributed by atoms with van der Waals surface area (Å²) in [6, 6.07) is 8.79. The van der Waals surface area contributed by atoms with Crippen molar-refractivity contribution >= 4 is 17.9 Å². The number of hydrogen-bond donors (Lipinski definition) is 0. The van der Waals surface area contributed by atoms with Gasteiger partial charge in [0, 0.05) is 25.0 Å². The summed E-state index contributed by atoms with van der Waals surface area (Å²) in [5.74, 6) is 0.581. The molecular weight excluding hydrogens is 330 g/mol. The highest BCUT2D eigenvalue weighted by atomic mass is 16.2. The molecule has 1 fully saturated rings. The summed E-state index contributed by atoms with van der Waals surface area (Å²) < 4.78 is 0. The number of urea groups is 1. The Labute approximate surface area is 153 Å². The zero-order valence-electron chi connectivity index (χ0n) is 15.5. The van der Waals surface area contributed by atoms with E-state index < -0.39 is 12.2 Å². The van der Waals surface area contributed by atoms with Crippen molar-refractivity contribution in [3.63, 3.8) is 0 Å². The van der Waals surface area contributed by atoms with Crippen LogP contribution >= 0.6 is 0 Å². The van der Waals surface area contributed by atoms with E-state index in [2.05, 4.69) is 11.8 Å². The number of amides is 3. The first-order valence-corrected chi connectivity index (χ1v) is 8.89. The molecule has 26 heavy (non-hydrogen) atoms. The van der Waals surface area contributed by atoms with Crippen molar-refractivity contribution < 1.29 is 9.59 Å². The number of aliphatic imine (C=N–C) groups is 1. The van der Waals surface area contributed by atoms with Gasteiger partial charge in [0.05, 0.1) is 6.54 Å². The average Bonchev–Trinajstić information content (AvgIpc) is 3.14. The lowest BCUT2D eigenvalue weighted by molar-refractivity contribution is -0.137. The Morgan fingerprint density at radius 2 is 1.73 bits per heavy atom. The summed E-state index contributed by atoms with van der Waals surface area (Å²) in [4.78, 5) is 37.8. The van der Waals surface area contributed by atoms with Crippen molar-refractivity contribution in [2.75, 3.05) is 13.6 Å². The molecule has 1 aromatic carbocycles. The molecule has 1 saturated heterocycles. The van der Waals surface area contributed by atoms with E-state index in [0.717, 1.165) is 29.5 Å². The van der Waals surface area contributed by atoms with Crippen LogP contribution in [0.5, 0.6) is 0 Å². The first-order valence-electron chi connectivity index (χ1n) is 8.89. The second-order valence-corrected chi connectivity index (χ2v) is 6.88. The Bertz CT molecular complexity index is 832. The molecule has 3 aliphatic rings. The van der Waals surface area contributed by atoms with Crippen LogP contribution in [-0.2, 0) is 11.3 Å². The number of allylic oxidation sites excluding steroid dienone is 2. The maximum atomic E-state index is 13.3. The number of carbonyl (C=O) groups excluding carboxylic acids is 2. The van der Waals surface area contributed by atoms with Crippen LogP contribution in [0.25, 0.3) is 0 Å². The van der Waals surface area contributed by atoms with E-state index >= 15 is 0 Å². The molecule has 1 aromatic rings. The molecule has 0 aliphatic carbocycles. The number of hydrogen-bond acceptors (Lipinski definition) is 5. The summed E-state index contributed by atoms with van der Waals surface area (Å²) >= 11 is 0. The summed E-state index contributed by atoms with van der Waals surface area (Å²) in [5, 5.41) is 0. The largest absolute Gasteiger partial charge is 0.328 e. The standard InChI is InChI=1S/C19H23N5O2/c1-5-22-12(2)13(3)24-15-16(20-18(22)24)21(4)19(26)23(17(15)25)11-14-9-7-6-8-10-14/h6-10,15-16H,5,11H2,1-4H3. The van der Waals surface area contributed by atoms with Crippen LogP contribution in [-0.4, -0.2) is 63.3 Å². The monoisotopic (exact) mass is 353 g/mol. The van der Waals surface area contributed by atoms with Crippen LogP contribution in [0.1, 0.15) is 26.3 Å². The Morgan fingerprint density at radius 3 is 2.38 bits per heavy atom. The van der Waals surface area contributed by atoms with Crippen LogP contribution in [0.4, 0.5) is 4.79 Å². The molecular formula is C19H23N5O2. The molecule has 0 N–H and O–H groups in total. The second-order valence-electron chi connectivity index (χ2n) is 6.88. The highest BCUT2D eigenvalue weighted by molar-refractivity contribution is 6.05. The van der Waals surface area contributed by atoms with Gasteiger partial charge < -0.3 is 9.80 Å². The van der Waals surface area contributed by atoms with Gasteiger partial charge in [-0.2, -0.15) is 0 Å². The Morgan fingerprint density at radius 1 is 1.04 bits per heavy atom. The average molecular weight is 353 g/mol. The van der Waals surface area contributed by atoms with Crippen LogP contribution in [0.3, 0.4) is 0 Å². The lowest BCUT2D eigenvalue weighted by atomic mass is 10.1. The molecule has 4 rings (SSSR count). The topological polar surface area (TPSA) is 59.5 Å². The molecule has 0 radical (unpaired) electrons. The van der Waals surface area contributed by atoms with E-state index in [0.29, 0.717) is 0 Å². The van der Waals surface area contributed by atoms with Gasteiger partial charge >= 0.3 is 6.03 Å². The van der Waals surface area contributed by atoms with Crippen molar-refractivity contribution in [3.8, 4) is 0 Å². The molecule has 3 amide bonds. The SMILES string of the molecule is CCN1C2=NC3C(C(=O)N(Cc4ccccc4)C(=O)N3C)N2C(C)=C1C. The molecule has 136 valence electrons. The third-order valence-electron chi connectivity index (χ3n) is 5.50. The van der Waals surface area contributed by atoms with E-state index in [1.165, 1.54) is 4.90 Å². The molecule has 7 nitrogen and oxygen atoms in total. The molecule has 3 heterocycles. The van der Waals surface area contributed by atoms with Gasteiger partial charge in [0.2, 0.25) is 5.96 Å². The van der Waals surface area contributed by atoms with Crippen LogP contribution in [0.15, 0.2) is 46.7 Å². The maximum absolute atomic E-state index is 13.3. The summed E-state index contributed by atoms with van der Waals surface area (Å²) in [5.41, 5.74) is 3.06. The molecule has 2 atom stereocenters. The van der Waals surface area contributed by atoms with Gasteiger partial charge in [0.1, 0.15) is 0 Å². The van der Waals surface area contributed by atoms with E-state index in [1.807, 2.05) is 49.1 Å². The number of carbonyl (C=O) groups is 2. The van der Waals surface area contributed by atoms with Crippen molar-refractivity contribution in [3.05, 3.63) is 47.3 Å². The Hall–Kier alpha value is -2.83. The number of likely N-dealkylation sites (N-methyl/N-ethyl adjacent to an activating group) is 1. The van der Waals surface area contributed by atoms with Crippen molar-refractivity contribution in [2.45, 2.75) is 39.5 Å². The number of fused-ring (bicyclic) bond motifs is 3. The lowest BCUT2D eigenvalue weighted by Gasteiger charge is -2.40. The van der Waals surface area contributed by atoms with E-state index in [9.17, 15) is 9.59 Å². The van der Waals surface area contributed by atoms with Gasteiger partial charge in [0.25, 0.3) is 5.91 Å². The second kappa shape index (κ2) is 5.86. The number of imide groups is 1. The third-order valence-corrected chi connectivity index (χ3v) is 5.50. The number of guanidine groups is 1. The van der Waals surface area contributed by atoms with E-state index in [4.69, 9.17) is 4.99 Å². The fourth-order valence-corrected chi connectivity index (χ4v) is 3.97. The van der Waals surface area contributed by atoms with Crippen LogP contribution in [0, 0.1) is 0 Å². The van der Waals surface area contributed by atoms with Gasteiger partial charge in [-0.3, -0.25) is 14.6 Å². The minimum absolute atomic E-state index is 0.189. The summed E-state index contributed by atoms with van der Waals surface area (Å²) in [7, 11) is 1.72. The summed E-state index contributed by atoms with van der Waals surface area (Å²) in [6.45, 7) is 7.15. The number of benzene rings is 1. The Kier molecular flexibility index (Phi) is 3.75. The predicted molar refractivity (Wildman–Crippen MR) is 97.8 cm³/mol. The number of nitrogens with zero attached hydrogens (tertiary/aromatic N) is 5. The highest BCUT2D eigenvalue weighted by Gasteiger charge is 2.55. The molecule has 0 spiro atoms. The van der Waals surface area contributed by atoms with Gasteiger partial charge in [-0.1, -0.05) is 30.3 Å². The summed E-state index contributed by atoms with van der Waals surface area (Å²) in [6.07, 6.45) is -0.478. The first kappa shape index (κ1) is 16.6.